The Balaban J connectivity index is 1.35. The highest BCUT2D eigenvalue weighted by Crippen LogP contribution is 2.28. The first kappa shape index (κ1) is 23.6. The first-order valence-corrected chi connectivity index (χ1v) is 10.7. The second-order valence-electron chi connectivity index (χ2n) is 8.12. The van der Waals surface area contributed by atoms with E-state index in [1.54, 1.807) is 36.4 Å². The molecule has 1 unspecified atom stereocenters. The molecule has 3 N–H and O–H groups in total. The van der Waals surface area contributed by atoms with Crippen molar-refractivity contribution in [2.75, 3.05) is 11.9 Å². The number of anilines is 1. The van der Waals surface area contributed by atoms with E-state index in [0.717, 1.165) is 4.90 Å². The zero-order chi connectivity index (χ0) is 25.0. The Morgan fingerprint density at radius 3 is 2.49 bits per heavy atom. The average molecular weight is 475 g/mol. The van der Waals surface area contributed by atoms with Crippen LogP contribution in [0.15, 0.2) is 73.1 Å². The number of carbonyl (C=O) groups is 4. The van der Waals surface area contributed by atoms with Gasteiger partial charge in [-0.2, -0.15) is 0 Å². The van der Waals surface area contributed by atoms with Gasteiger partial charge in [0, 0.05) is 30.2 Å². The van der Waals surface area contributed by atoms with Crippen LogP contribution in [0.3, 0.4) is 0 Å². The molecule has 1 atom stereocenters. The summed E-state index contributed by atoms with van der Waals surface area (Å²) in [6, 6.07) is 14.6. The van der Waals surface area contributed by atoms with Crippen molar-refractivity contribution in [2.45, 2.75) is 19.0 Å². The van der Waals surface area contributed by atoms with Crippen LogP contribution in [-0.2, 0) is 21.7 Å². The third-order valence-electron chi connectivity index (χ3n) is 5.62. The third kappa shape index (κ3) is 5.16. The molecule has 0 radical (unpaired) electrons. The van der Waals surface area contributed by atoms with Crippen molar-refractivity contribution in [3.63, 3.8) is 0 Å². The maximum atomic E-state index is 13.3. The topological polar surface area (TPSA) is 120 Å². The van der Waals surface area contributed by atoms with Gasteiger partial charge in [-0.15, -0.1) is 0 Å². The van der Waals surface area contributed by atoms with E-state index in [4.69, 9.17) is 0 Å². The first-order chi connectivity index (χ1) is 16.8. The van der Waals surface area contributed by atoms with Crippen LogP contribution in [0.5, 0.6) is 0 Å². The number of imide groups is 1. The van der Waals surface area contributed by atoms with E-state index in [-0.39, 0.29) is 12.5 Å². The van der Waals surface area contributed by atoms with Crippen LogP contribution in [0.1, 0.15) is 28.4 Å². The van der Waals surface area contributed by atoms with Gasteiger partial charge in [-0.3, -0.25) is 24.3 Å². The van der Waals surface area contributed by atoms with Crippen molar-refractivity contribution < 1.29 is 23.6 Å². The molecule has 9 nitrogen and oxygen atoms in total. The van der Waals surface area contributed by atoms with E-state index < -0.39 is 35.7 Å². The minimum absolute atomic E-state index is 0.122. The quantitative estimate of drug-likeness (QED) is 0.454. The fourth-order valence-electron chi connectivity index (χ4n) is 3.69. The van der Waals surface area contributed by atoms with Crippen LogP contribution in [0.4, 0.5) is 14.9 Å². The van der Waals surface area contributed by atoms with E-state index in [9.17, 15) is 23.6 Å². The maximum absolute atomic E-state index is 13.3. The van der Waals surface area contributed by atoms with Gasteiger partial charge in [0.15, 0.2) is 0 Å². The molecule has 35 heavy (non-hydrogen) atoms. The molecule has 0 saturated carbocycles. The Morgan fingerprint density at radius 2 is 1.77 bits per heavy atom. The summed E-state index contributed by atoms with van der Waals surface area (Å²) in [5.41, 5.74) is 0.722. The molecular weight excluding hydrogens is 453 g/mol. The number of hydrogen-bond acceptors (Lipinski definition) is 5. The molecule has 5 amide bonds. The summed E-state index contributed by atoms with van der Waals surface area (Å²) >= 11 is 0. The van der Waals surface area contributed by atoms with Gasteiger partial charge in [-0.05, 0) is 54.4 Å². The molecule has 0 aliphatic carbocycles. The SMILES string of the molecule is CC1(c2ccc(F)cc2)NC(=O)N(CC(=O)NCc2cccc(NC(=O)c3ccncc3)c2)C1=O. The van der Waals surface area contributed by atoms with E-state index in [1.165, 1.54) is 43.6 Å². The minimum Gasteiger partial charge on any atom is -0.350 e. The largest absolute Gasteiger partial charge is 0.350 e. The van der Waals surface area contributed by atoms with Crippen LogP contribution >= 0.6 is 0 Å². The average Bonchev–Trinajstić information content (AvgIpc) is 3.07. The third-order valence-corrected chi connectivity index (χ3v) is 5.62. The molecule has 1 saturated heterocycles. The smallest absolute Gasteiger partial charge is 0.325 e. The number of nitrogens with zero attached hydrogens (tertiary/aromatic N) is 2. The normalized spacial score (nSPS) is 17.1. The van der Waals surface area contributed by atoms with Gasteiger partial charge in [-0.1, -0.05) is 24.3 Å². The van der Waals surface area contributed by atoms with E-state index in [0.29, 0.717) is 22.4 Å². The summed E-state index contributed by atoms with van der Waals surface area (Å²) in [5, 5.41) is 8.02. The van der Waals surface area contributed by atoms with E-state index >= 15 is 0 Å². The highest BCUT2D eigenvalue weighted by Gasteiger charge is 2.49. The highest BCUT2D eigenvalue weighted by molar-refractivity contribution is 6.09. The molecule has 2 heterocycles. The number of halogens is 1. The summed E-state index contributed by atoms with van der Waals surface area (Å²) in [6.07, 6.45) is 3.04. The molecule has 1 fully saturated rings. The monoisotopic (exact) mass is 475 g/mol. The van der Waals surface area contributed by atoms with E-state index in [1.807, 2.05) is 0 Å². The molecular formula is C25H22FN5O4. The summed E-state index contributed by atoms with van der Waals surface area (Å²) in [7, 11) is 0. The summed E-state index contributed by atoms with van der Waals surface area (Å²) < 4.78 is 13.3. The number of urea groups is 1. The number of hydrogen-bond donors (Lipinski definition) is 3. The molecule has 178 valence electrons. The van der Waals surface area contributed by atoms with Crippen LogP contribution in [-0.4, -0.2) is 40.2 Å². The highest BCUT2D eigenvalue weighted by atomic mass is 19.1. The number of nitrogens with one attached hydrogen (secondary N) is 3. The molecule has 0 spiro atoms. The molecule has 0 bridgehead atoms. The van der Waals surface area contributed by atoms with Crippen molar-refractivity contribution in [1.29, 1.82) is 0 Å². The van der Waals surface area contributed by atoms with E-state index in [2.05, 4.69) is 20.9 Å². The number of benzene rings is 2. The minimum atomic E-state index is -1.40. The van der Waals surface area contributed by atoms with Gasteiger partial charge in [0.25, 0.3) is 11.8 Å². The van der Waals surface area contributed by atoms with Crippen molar-refractivity contribution in [2.24, 2.45) is 0 Å². The summed E-state index contributed by atoms with van der Waals surface area (Å²) in [6.45, 7) is 1.15. The predicted molar refractivity (Wildman–Crippen MR) is 124 cm³/mol. The second kappa shape index (κ2) is 9.72. The van der Waals surface area contributed by atoms with Gasteiger partial charge in [0.1, 0.15) is 17.9 Å². The van der Waals surface area contributed by atoms with Crippen molar-refractivity contribution in [3.8, 4) is 0 Å². The molecule has 4 rings (SSSR count). The number of rotatable bonds is 7. The lowest BCUT2D eigenvalue weighted by Gasteiger charge is -2.22. The van der Waals surface area contributed by atoms with Crippen LogP contribution in [0.25, 0.3) is 0 Å². The van der Waals surface area contributed by atoms with Crippen molar-refractivity contribution in [1.82, 2.24) is 20.5 Å². The first-order valence-electron chi connectivity index (χ1n) is 10.7. The number of aromatic nitrogens is 1. The van der Waals surface area contributed by atoms with Gasteiger partial charge >= 0.3 is 6.03 Å². The molecule has 1 aliphatic heterocycles. The lowest BCUT2D eigenvalue weighted by Crippen LogP contribution is -2.43. The standard InChI is InChI=1S/C25H22FN5O4/c1-25(18-5-7-19(26)8-6-18)23(34)31(24(35)30-25)15-21(32)28-14-16-3-2-4-20(13-16)29-22(33)17-9-11-27-12-10-17/h2-13H,14-15H2,1H3,(H,28,32)(H,29,33)(H,30,35). The maximum Gasteiger partial charge on any atom is 0.325 e. The molecule has 3 aromatic rings. The molecule has 10 heteroatoms. The zero-order valence-electron chi connectivity index (χ0n) is 18.7. The van der Waals surface area contributed by atoms with Gasteiger partial charge in [-0.25, -0.2) is 9.18 Å². The van der Waals surface area contributed by atoms with Gasteiger partial charge in [0.05, 0.1) is 0 Å². The Labute approximate surface area is 200 Å². The Morgan fingerprint density at radius 1 is 1.06 bits per heavy atom. The van der Waals surface area contributed by atoms with Gasteiger partial charge < -0.3 is 16.0 Å². The molecule has 1 aromatic heterocycles. The summed E-state index contributed by atoms with van der Waals surface area (Å²) in [5.74, 6) is -1.91. The zero-order valence-corrected chi connectivity index (χ0v) is 18.7. The number of amides is 5. The fraction of sp³-hybridized carbons (Fsp3) is 0.160. The molecule has 2 aromatic carbocycles. The van der Waals surface area contributed by atoms with Crippen LogP contribution in [0.2, 0.25) is 0 Å². The van der Waals surface area contributed by atoms with Crippen LogP contribution in [0, 0.1) is 5.82 Å². The fourth-order valence-corrected chi connectivity index (χ4v) is 3.69. The Kier molecular flexibility index (Phi) is 6.54. The lowest BCUT2D eigenvalue weighted by atomic mass is 9.92. The lowest BCUT2D eigenvalue weighted by molar-refractivity contribution is -0.134. The molecule has 1 aliphatic rings. The second-order valence-corrected chi connectivity index (χ2v) is 8.12. The number of carbonyl (C=O) groups excluding carboxylic acids is 4. The van der Waals surface area contributed by atoms with Crippen LogP contribution < -0.4 is 16.0 Å². The van der Waals surface area contributed by atoms with Crippen molar-refractivity contribution >= 4 is 29.4 Å². The predicted octanol–water partition coefficient (Wildman–Crippen LogP) is 2.56. The van der Waals surface area contributed by atoms with Crippen molar-refractivity contribution in [3.05, 3.63) is 95.6 Å². The number of pyridine rings is 1. The van der Waals surface area contributed by atoms with Gasteiger partial charge in [0.2, 0.25) is 5.91 Å². The Bertz CT molecular complexity index is 1280. The Hall–Kier alpha value is -4.60. The summed E-state index contributed by atoms with van der Waals surface area (Å²) in [4.78, 5) is 54.8.